The molecule has 2 aromatic heterocycles. The van der Waals surface area contributed by atoms with Crippen molar-refractivity contribution in [3.63, 3.8) is 0 Å². The van der Waals surface area contributed by atoms with Gasteiger partial charge in [-0.2, -0.15) is 0 Å². The molecule has 0 spiro atoms. The van der Waals surface area contributed by atoms with Crippen LogP contribution in [0.25, 0.3) is 0 Å². The Morgan fingerprint density at radius 1 is 1.22 bits per heavy atom. The molecule has 4 rings (SSSR count). The molecular weight excluding hydrogens is 474 g/mol. The van der Waals surface area contributed by atoms with Crippen molar-refractivity contribution in [3.8, 4) is 0 Å². The molecule has 36 heavy (non-hydrogen) atoms. The van der Waals surface area contributed by atoms with Crippen LogP contribution in [0.3, 0.4) is 0 Å². The molecule has 1 saturated heterocycles. The first-order chi connectivity index (χ1) is 17.4. The predicted molar refractivity (Wildman–Crippen MR) is 141 cm³/mol. The summed E-state index contributed by atoms with van der Waals surface area (Å²) < 4.78 is 5.12. The molecule has 2 atom stereocenters. The molecule has 2 amide bonds. The topological polar surface area (TPSA) is 105 Å². The van der Waals surface area contributed by atoms with Gasteiger partial charge in [0.2, 0.25) is 5.91 Å². The quantitative estimate of drug-likeness (QED) is 0.435. The number of thiophene rings is 1. The molecule has 3 N–H and O–H groups in total. The summed E-state index contributed by atoms with van der Waals surface area (Å²) in [6.07, 6.45) is 2.26. The van der Waals surface area contributed by atoms with E-state index in [0.29, 0.717) is 31.8 Å². The standard InChI is InChI=1S/C27H35N5O3S/c1-19-16-24(30-35-19)27(34)32-15-11-22(17-25(32)26(33)29-13-12-28)31(18-23-9-8-20(2)36-23)14-10-21-6-4-3-5-7-21/h3-9,16,22,25H,10-15,17-18,28H2,1-2H3,(H,29,33)/t22?,25-/m1/s1. The van der Waals surface area contributed by atoms with Gasteiger partial charge in [-0.25, -0.2) is 0 Å². The molecule has 1 fully saturated rings. The van der Waals surface area contributed by atoms with Crippen molar-refractivity contribution in [2.45, 2.75) is 51.7 Å². The number of aryl methyl sites for hydroxylation is 2. The van der Waals surface area contributed by atoms with Gasteiger partial charge in [-0.05, 0) is 50.8 Å². The number of benzene rings is 1. The molecule has 0 saturated carbocycles. The Hall–Kier alpha value is -3.01. The fourth-order valence-corrected chi connectivity index (χ4v) is 5.69. The zero-order chi connectivity index (χ0) is 25.5. The zero-order valence-corrected chi connectivity index (χ0v) is 21.8. The SMILES string of the molecule is Cc1cc(C(=O)N2CCC(N(CCc3ccccc3)Cc3ccc(C)s3)C[C@@H]2C(=O)NCCN)no1. The highest BCUT2D eigenvalue weighted by Gasteiger charge is 2.39. The van der Waals surface area contributed by atoms with Gasteiger partial charge in [0.15, 0.2) is 5.69 Å². The third-order valence-corrected chi connectivity index (χ3v) is 7.62. The normalized spacial score (nSPS) is 17.9. The number of rotatable bonds is 10. The molecule has 8 nitrogen and oxygen atoms in total. The maximum atomic E-state index is 13.3. The second kappa shape index (κ2) is 12.3. The van der Waals surface area contributed by atoms with Crippen LogP contribution in [0.15, 0.2) is 53.1 Å². The molecular formula is C27H35N5O3S. The Morgan fingerprint density at radius 3 is 2.69 bits per heavy atom. The lowest BCUT2D eigenvalue weighted by molar-refractivity contribution is -0.127. The Labute approximate surface area is 216 Å². The Balaban J connectivity index is 1.54. The summed E-state index contributed by atoms with van der Waals surface area (Å²) in [7, 11) is 0. The van der Waals surface area contributed by atoms with E-state index in [9.17, 15) is 9.59 Å². The van der Waals surface area contributed by atoms with Crippen molar-refractivity contribution in [2.75, 3.05) is 26.2 Å². The molecule has 3 heterocycles. The monoisotopic (exact) mass is 509 g/mol. The molecule has 0 radical (unpaired) electrons. The third-order valence-electron chi connectivity index (χ3n) is 6.63. The van der Waals surface area contributed by atoms with Gasteiger partial charge in [-0.1, -0.05) is 35.5 Å². The lowest BCUT2D eigenvalue weighted by Crippen LogP contribution is -2.57. The van der Waals surface area contributed by atoms with Crippen molar-refractivity contribution in [3.05, 3.63) is 75.3 Å². The Bertz CT molecular complexity index is 1150. The number of nitrogens with one attached hydrogen (secondary N) is 1. The summed E-state index contributed by atoms with van der Waals surface area (Å²) in [5.41, 5.74) is 7.15. The van der Waals surface area contributed by atoms with Crippen molar-refractivity contribution in [2.24, 2.45) is 5.73 Å². The number of hydrogen-bond acceptors (Lipinski definition) is 7. The summed E-state index contributed by atoms with van der Waals surface area (Å²) in [6.45, 7) is 6.76. The number of carbonyl (C=O) groups excluding carboxylic acids is 2. The van der Waals surface area contributed by atoms with Crippen LogP contribution in [0.1, 0.15) is 44.4 Å². The summed E-state index contributed by atoms with van der Waals surface area (Å²) in [4.78, 5) is 33.2. The number of nitrogens with two attached hydrogens (primary N) is 1. The molecule has 1 unspecified atom stereocenters. The van der Waals surface area contributed by atoms with Crippen LogP contribution in [0.4, 0.5) is 0 Å². The number of hydrogen-bond donors (Lipinski definition) is 2. The first-order valence-corrected chi connectivity index (χ1v) is 13.3. The molecule has 3 aromatic rings. The average Bonchev–Trinajstić information content (AvgIpc) is 3.52. The van der Waals surface area contributed by atoms with Gasteiger partial charge in [0.1, 0.15) is 11.8 Å². The minimum Gasteiger partial charge on any atom is -0.361 e. The van der Waals surface area contributed by atoms with Gasteiger partial charge in [-0.15, -0.1) is 11.3 Å². The van der Waals surface area contributed by atoms with Crippen LogP contribution in [-0.4, -0.2) is 65.0 Å². The van der Waals surface area contributed by atoms with Gasteiger partial charge >= 0.3 is 0 Å². The highest BCUT2D eigenvalue weighted by atomic mass is 32.1. The highest BCUT2D eigenvalue weighted by molar-refractivity contribution is 7.11. The number of carbonyl (C=O) groups is 2. The fourth-order valence-electron chi connectivity index (χ4n) is 4.78. The predicted octanol–water partition coefficient (Wildman–Crippen LogP) is 3.15. The molecule has 0 aliphatic carbocycles. The van der Waals surface area contributed by atoms with E-state index in [2.05, 4.69) is 58.7 Å². The van der Waals surface area contributed by atoms with Gasteiger partial charge < -0.3 is 20.5 Å². The molecule has 192 valence electrons. The number of nitrogens with zero attached hydrogens (tertiary/aromatic N) is 3. The van der Waals surface area contributed by atoms with E-state index >= 15 is 0 Å². The molecule has 1 aromatic carbocycles. The van der Waals surface area contributed by atoms with E-state index < -0.39 is 6.04 Å². The van der Waals surface area contributed by atoms with E-state index in [1.54, 1.807) is 29.2 Å². The molecule has 9 heteroatoms. The molecule has 0 bridgehead atoms. The van der Waals surface area contributed by atoms with E-state index in [1.807, 2.05) is 6.07 Å². The highest BCUT2D eigenvalue weighted by Crippen LogP contribution is 2.27. The maximum absolute atomic E-state index is 13.3. The number of amides is 2. The number of aromatic nitrogens is 1. The first-order valence-electron chi connectivity index (χ1n) is 12.5. The smallest absolute Gasteiger partial charge is 0.276 e. The van der Waals surface area contributed by atoms with E-state index in [-0.39, 0.29) is 23.6 Å². The van der Waals surface area contributed by atoms with Gasteiger partial charge in [-0.3, -0.25) is 14.5 Å². The fraction of sp³-hybridized carbons (Fsp3) is 0.444. The van der Waals surface area contributed by atoms with Gasteiger partial charge in [0, 0.05) is 54.6 Å². The summed E-state index contributed by atoms with van der Waals surface area (Å²) >= 11 is 1.81. The lowest BCUT2D eigenvalue weighted by Gasteiger charge is -2.42. The summed E-state index contributed by atoms with van der Waals surface area (Å²) in [5, 5.41) is 6.79. The number of likely N-dealkylation sites (tertiary alicyclic amines) is 1. The maximum Gasteiger partial charge on any atom is 0.276 e. The summed E-state index contributed by atoms with van der Waals surface area (Å²) in [5.74, 6) is 0.118. The van der Waals surface area contributed by atoms with Crippen LogP contribution >= 0.6 is 11.3 Å². The van der Waals surface area contributed by atoms with Crippen LogP contribution < -0.4 is 11.1 Å². The largest absolute Gasteiger partial charge is 0.361 e. The van der Waals surface area contributed by atoms with Crippen LogP contribution in [0.5, 0.6) is 0 Å². The summed E-state index contributed by atoms with van der Waals surface area (Å²) in [6, 6.07) is 16.0. The van der Waals surface area contributed by atoms with Crippen LogP contribution in [-0.2, 0) is 17.8 Å². The van der Waals surface area contributed by atoms with Crippen molar-refractivity contribution in [1.82, 2.24) is 20.3 Å². The Kier molecular flexibility index (Phi) is 8.90. The van der Waals surface area contributed by atoms with Crippen molar-refractivity contribution < 1.29 is 14.1 Å². The molecule has 1 aliphatic heterocycles. The van der Waals surface area contributed by atoms with Crippen molar-refractivity contribution in [1.29, 1.82) is 0 Å². The minimum atomic E-state index is -0.593. The zero-order valence-electron chi connectivity index (χ0n) is 21.0. The third kappa shape index (κ3) is 6.60. The lowest BCUT2D eigenvalue weighted by atomic mass is 9.94. The first kappa shape index (κ1) is 26.1. The Morgan fingerprint density at radius 2 is 2.03 bits per heavy atom. The second-order valence-corrected chi connectivity index (χ2v) is 10.7. The number of piperidine rings is 1. The van der Waals surface area contributed by atoms with Gasteiger partial charge in [0.25, 0.3) is 5.91 Å². The average molecular weight is 510 g/mol. The van der Waals surface area contributed by atoms with Crippen molar-refractivity contribution >= 4 is 23.2 Å². The molecule has 1 aliphatic rings. The minimum absolute atomic E-state index is 0.160. The van der Waals surface area contributed by atoms with E-state index in [4.69, 9.17) is 10.3 Å². The second-order valence-electron chi connectivity index (χ2n) is 9.31. The van der Waals surface area contributed by atoms with Crippen LogP contribution in [0, 0.1) is 13.8 Å². The van der Waals surface area contributed by atoms with E-state index in [0.717, 1.165) is 25.9 Å². The van der Waals surface area contributed by atoms with Gasteiger partial charge in [0.05, 0.1) is 0 Å². The van der Waals surface area contributed by atoms with Crippen LogP contribution in [0.2, 0.25) is 0 Å². The van der Waals surface area contributed by atoms with E-state index in [1.165, 1.54) is 15.3 Å².